The van der Waals surface area contributed by atoms with Crippen LogP contribution in [0.3, 0.4) is 0 Å². The molecule has 2 rings (SSSR count). The maximum absolute atomic E-state index is 5.62. The van der Waals surface area contributed by atoms with Gasteiger partial charge in [0.15, 0.2) is 0 Å². The second-order valence-electron chi connectivity index (χ2n) is 3.77. The number of terminal acetylenes is 2. The first-order valence-electron chi connectivity index (χ1n) is 5.65. The van der Waals surface area contributed by atoms with Gasteiger partial charge in [0.2, 0.25) is 0 Å². The Morgan fingerprint density at radius 1 is 0.611 bits per heavy atom. The summed E-state index contributed by atoms with van der Waals surface area (Å²) >= 11 is 0. The molecule has 0 aliphatic heterocycles. The highest BCUT2D eigenvalue weighted by Crippen LogP contribution is 2.25. The van der Waals surface area contributed by atoms with Crippen molar-refractivity contribution in [1.29, 1.82) is 0 Å². The number of hydrogen-bond acceptors (Lipinski definition) is 0. The Balaban J connectivity index is 2.63. The van der Waals surface area contributed by atoms with Crippen molar-refractivity contribution < 1.29 is 0 Å². The second kappa shape index (κ2) is 5.58. The van der Waals surface area contributed by atoms with Gasteiger partial charge in [-0.2, -0.15) is 0 Å². The first-order chi connectivity index (χ1) is 8.86. The topological polar surface area (TPSA) is 0 Å². The van der Waals surface area contributed by atoms with Gasteiger partial charge in [0.25, 0.3) is 0 Å². The van der Waals surface area contributed by atoms with E-state index >= 15 is 0 Å². The molecule has 0 unspecified atom stereocenters. The summed E-state index contributed by atoms with van der Waals surface area (Å²) in [7, 11) is 0. The molecule has 0 aliphatic carbocycles. The molecule has 0 N–H and O–H groups in total. The first-order valence-corrected chi connectivity index (χ1v) is 5.65. The molecule has 0 bridgehead atoms. The maximum atomic E-state index is 5.62. The summed E-state index contributed by atoms with van der Waals surface area (Å²) < 4.78 is 0. The molecule has 18 heavy (non-hydrogen) atoms. The van der Waals surface area contributed by atoms with Crippen molar-refractivity contribution >= 4 is 11.1 Å². The fraction of sp³-hybridized carbons (Fsp3) is 0. The fourth-order valence-corrected chi connectivity index (χ4v) is 1.81. The third-order valence-electron chi connectivity index (χ3n) is 2.66. The van der Waals surface area contributed by atoms with Crippen molar-refractivity contribution in [3.05, 3.63) is 71.8 Å². The van der Waals surface area contributed by atoms with Crippen LogP contribution in [0.2, 0.25) is 0 Å². The SMILES string of the molecule is C#C/C(=C(\C#C)c1ccccc1)c1ccccc1. The quantitative estimate of drug-likeness (QED) is 0.541. The molecule has 0 fully saturated rings. The van der Waals surface area contributed by atoms with E-state index in [1.54, 1.807) is 0 Å². The average molecular weight is 228 g/mol. The van der Waals surface area contributed by atoms with Crippen LogP contribution in [0.25, 0.3) is 11.1 Å². The van der Waals surface area contributed by atoms with Gasteiger partial charge in [-0.15, -0.1) is 12.8 Å². The summed E-state index contributed by atoms with van der Waals surface area (Å²) in [6, 6.07) is 19.6. The molecule has 0 aliphatic rings. The van der Waals surface area contributed by atoms with Crippen LogP contribution in [-0.2, 0) is 0 Å². The smallest absolute Gasteiger partial charge is 0.0477 e. The van der Waals surface area contributed by atoms with Crippen LogP contribution >= 0.6 is 0 Å². The normalized spacial score (nSPS) is 11.0. The number of allylic oxidation sites excluding steroid dienone is 2. The average Bonchev–Trinajstić information content (AvgIpc) is 2.46. The number of benzene rings is 2. The molecule has 0 saturated heterocycles. The van der Waals surface area contributed by atoms with Gasteiger partial charge in [-0.1, -0.05) is 72.5 Å². The molecular formula is C18H12. The van der Waals surface area contributed by atoms with Gasteiger partial charge in [-0.05, 0) is 11.1 Å². The van der Waals surface area contributed by atoms with E-state index in [9.17, 15) is 0 Å². The lowest BCUT2D eigenvalue weighted by Crippen LogP contribution is -1.88. The zero-order valence-corrected chi connectivity index (χ0v) is 9.93. The van der Waals surface area contributed by atoms with Crippen LogP contribution in [0.4, 0.5) is 0 Å². The molecule has 0 heteroatoms. The molecule has 0 spiro atoms. The zero-order valence-electron chi connectivity index (χ0n) is 9.93. The minimum absolute atomic E-state index is 0.754. The Morgan fingerprint density at radius 3 is 1.22 bits per heavy atom. The van der Waals surface area contributed by atoms with E-state index in [1.165, 1.54) is 0 Å². The third kappa shape index (κ3) is 2.34. The Labute approximate surface area is 108 Å². The van der Waals surface area contributed by atoms with Gasteiger partial charge in [-0.25, -0.2) is 0 Å². The van der Waals surface area contributed by atoms with Gasteiger partial charge >= 0.3 is 0 Å². The Bertz CT molecular complexity index is 572. The molecule has 0 aromatic heterocycles. The molecule has 0 radical (unpaired) electrons. The fourth-order valence-electron chi connectivity index (χ4n) is 1.81. The van der Waals surface area contributed by atoms with Crippen molar-refractivity contribution in [2.75, 3.05) is 0 Å². The predicted octanol–water partition coefficient (Wildman–Crippen LogP) is 3.86. The third-order valence-corrected chi connectivity index (χ3v) is 2.66. The molecule has 84 valence electrons. The van der Waals surface area contributed by atoms with E-state index in [0.29, 0.717) is 0 Å². The molecule has 0 amide bonds. The van der Waals surface area contributed by atoms with Gasteiger partial charge < -0.3 is 0 Å². The summed E-state index contributed by atoms with van der Waals surface area (Å²) in [5.41, 5.74) is 3.45. The number of rotatable bonds is 2. The van der Waals surface area contributed by atoms with Gasteiger partial charge in [0.1, 0.15) is 0 Å². The Morgan fingerprint density at radius 2 is 0.944 bits per heavy atom. The van der Waals surface area contributed by atoms with Crippen molar-refractivity contribution in [2.24, 2.45) is 0 Å². The maximum Gasteiger partial charge on any atom is 0.0477 e. The first kappa shape index (κ1) is 11.8. The largest absolute Gasteiger partial charge is 0.115 e. The highest BCUT2D eigenvalue weighted by Gasteiger charge is 2.06. The highest BCUT2D eigenvalue weighted by atomic mass is 14.1. The second-order valence-corrected chi connectivity index (χ2v) is 3.77. The van der Waals surface area contributed by atoms with Crippen molar-refractivity contribution in [3.8, 4) is 24.7 Å². The minimum Gasteiger partial charge on any atom is -0.115 e. The van der Waals surface area contributed by atoms with Crippen molar-refractivity contribution in [2.45, 2.75) is 0 Å². The molecule has 2 aromatic rings. The highest BCUT2D eigenvalue weighted by molar-refractivity contribution is 6.03. The lowest BCUT2D eigenvalue weighted by Gasteiger charge is -2.06. The van der Waals surface area contributed by atoms with Crippen LogP contribution in [0.15, 0.2) is 60.7 Å². The molecular weight excluding hydrogens is 216 g/mol. The van der Waals surface area contributed by atoms with Crippen LogP contribution < -0.4 is 0 Å². The predicted molar refractivity (Wildman–Crippen MR) is 77.4 cm³/mol. The van der Waals surface area contributed by atoms with Crippen LogP contribution in [0.5, 0.6) is 0 Å². The van der Waals surface area contributed by atoms with E-state index in [4.69, 9.17) is 12.8 Å². The number of hydrogen-bond donors (Lipinski definition) is 0. The van der Waals surface area contributed by atoms with Crippen LogP contribution in [-0.4, -0.2) is 0 Å². The zero-order chi connectivity index (χ0) is 12.8. The summed E-state index contributed by atoms with van der Waals surface area (Å²) in [5, 5.41) is 0. The monoisotopic (exact) mass is 228 g/mol. The van der Waals surface area contributed by atoms with E-state index in [1.807, 2.05) is 60.7 Å². The summed E-state index contributed by atoms with van der Waals surface area (Å²) in [6.07, 6.45) is 11.2. The van der Waals surface area contributed by atoms with E-state index < -0.39 is 0 Å². The van der Waals surface area contributed by atoms with Crippen molar-refractivity contribution in [3.63, 3.8) is 0 Å². The summed E-state index contributed by atoms with van der Waals surface area (Å²) in [6.45, 7) is 0. The standard InChI is InChI=1S/C18H12/c1-3-17(15-11-7-5-8-12-15)18(4-2)16-13-9-6-10-14-16/h1-2,5-14H/b18-17-. The Hall–Kier alpha value is -2.70. The van der Waals surface area contributed by atoms with Crippen LogP contribution in [0, 0.1) is 24.7 Å². The van der Waals surface area contributed by atoms with E-state index in [-0.39, 0.29) is 0 Å². The van der Waals surface area contributed by atoms with Gasteiger partial charge in [0.05, 0.1) is 0 Å². The molecule has 0 heterocycles. The summed E-state index contributed by atoms with van der Waals surface area (Å²) in [4.78, 5) is 0. The van der Waals surface area contributed by atoms with E-state index in [2.05, 4.69) is 11.8 Å². The van der Waals surface area contributed by atoms with E-state index in [0.717, 1.165) is 22.3 Å². The van der Waals surface area contributed by atoms with Gasteiger partial charge in [-0.3, -0.25) is 0 Å². The molecule has 0 saturated carbocycles. The lowest BCUT2D eigenvalue weighted by atomic mass is 9.96. The van der Waals surface area contributed by atoms with Crippen LogP contribution in [0.1, 0.15) is 11.1 Å². The lowest BCUT2D eigenvalue weighted by molar-refractivity contribution is 1.61. The molecule has 2 aromatic carbocycles. The minimum atomic E-state index is 0.754. The molecule has 0 atom stereocenters. The van der Waals surface area contributed by atoms with Gasteiger partial charge in [0, 0.05) is 11.1 Å². The van der Waals surface area contributed by atoms with Crippen molar-refractivity contribution in [1.82, 2.24) is 0 Å². The molecule has 0 nitrogen and oxygen atoms in total. The Kier molecular flexibility index (Phi) is 3.65. The summed E-state index contributed by atoms with van der Waals surface area (Å²) in [5.74, 6) is 5.41.